The zero-order chi connectivity index (χ0) is 14.3. The van der Waals surface area contributed by atoms with Crippen LogP contribution >= 0.6 is 0 Å². The van der Waals surface area contributed by atoms with E-state index in [1.807, 2.05) is 0 Å². The summed E-state index contributed by atoms with van der Waals surface area (Å²) in [7, 11) is 1.74. The van der Waals surface area contributed by atoms with Crippen LogP contribution in [0.5, 0.6) is 5.75 Å². The van der Waals surface area contributed by atoms with Crippen molar-refractivity contribution < 1.29 is 4.74 Å². The molecular weight excluding hydrogens is 236 g/mol. The molecule has 0 spiro atoms. The third kappa shape index (κ3) is 5.21. The number of hydrogen-bond donors (Lipinski definition) is 2. The zero-order valence-electron chi connectivity index (χ0n) is 12.8. The molecule has 0 aromatic heterocycles. The van der Waals surface area contributed by atoms with Crippen LogP contribution in [0, 0.1) is 19.8 Å². The summed E-state index contributed by atoms with van der Waals surface area (Å²) in [5.41, 5.74) is 9.43. The van der Waals surface area contributed by atoms with Crippen LogP contribution in [0.1, 0.15) is 30.0 Å². The minimum atomic E-state index is 0.644. The Hall–Kier alpha value is -1.06. The molecule has 0 fully saturated rings. The first-order valence-electron chi connectivity index (χ1n) is 7.13. The molecule has 3 nitrogen and oxygen atoms in total. The highest BCUT2D eigenvalue weighted by Crippen LogP contribution is 2.24. The fourth-order valence-corrected chi connectivity index (χ4v) is 2.41. The van der Waals surface area contributed by atoms with Crippen LogP contribution < -0.4 is 15.8 Å². The highest BCUT2D eigenvalue weighted by atomic mass is 16.5. The second-order valence-corrected chi connectivity index (χ2v) is 5.40. The van der Waals surface area contributed by atoms with E-state index in [-0.39, 0.29) is 0 Å². The van der Waals surface area contributed by atoms with E-state index in [0.717, 1.165) is 38.2 Å². The Morgan fingerprint density at radius 3 is 2.68 bits per heavy atom. The van der Waals surface area contributed by atoms with Gasteiger partial charge >= 0.3 is 0 Å². The van der Waals surface area contributed by atoms with Gasteiger partial charge in [0.1, 0.15) is 5.75 Å². The fraction of sp³-hybridized carbons (Fsp3) is 0.625. The molecule has 3 N–H and O–H groups in total. The van der Waals surface area contributed by atoms with Crippen LogP contribution in [0.25, 0.3) is 0 Å². The average molecular weight is 264 g/mol. The van der Waals surface area contributed by atoms with E-state index in [9.17, 15) is 0 Å². The van der Waals surface area contributed by atoms with Gasteiger partial charge in [-0.3, -0.25) is 0 Å². The van der Waals surface area contributed by atoms with Crippen molar-refractivity contribution in [3.63, 3.8) is 0 Å². The third-order valence-corrected chi connectivity index (χ3v) is 3.50. The van der Waals surface area contributed by atoms with Crippen molar-refractivity contribution in [2.45, 2.75) is 33.6 Å². The molecule has 0 heterocycles. The van der Waals surface area contributed by atoms with E-state index >= 15 is 0 Å². The predicted molar refractivity (Wildman–Crippen MR) is 81.9 cm³/mol. The van der Waals surface area contributed by atoms with Gasteiger partial charge in [-0.05, 0) is 75.0 Å². The number of hydrogen-bond acceptors (Lipinski definition) is 3. The average Bonchev–Trinajstić information content (AvgIpc) is 2.36. The quantitative estimate of drug-likeness (QED) is 0.709. The van der Waals surface area contributed by atoms with Crippen molar-refractivity contribution in [2.24, 2.45) is 11.7 Å². The summed E-state index contributed by atoms with van der Waals surface area (Å²) < 4.78 is 5.48. The molecule has 0 aliphatic rings. The van der Waals surface area contributed by atoms with Crippen LogP contribution in [0.3, 0.4) is 0 Å². The molecule has 1 aromatic carbocycles. The monoisotopic (exact) mass is 264 g/mol. The largest absolute Gasteiger partial charge is 0.496 e. The van der Waals surface area contributed by atoms with E-state index in [1.165, 1.54) is 16.7 Å². The second kappa shape index (κ2) is 8.18. The Balaban J connectivity index is 2.49. The molecule has 1 unspecified atom stereocenters. The lowest BCUT2D eigenvalue weighted by Crippen LogP contribution is -2.25. The third-order valence-electron chi connectivity index (χ3n) is 3.50. The van der Waals surface area contributed by atoms with Gasteiger partial charge in [-0.25, -0.2) is 0 Å². The Kier molecular flexibility index (Phi) is 6.89. The maximum Gasteiger partial charge on any atom is 0.122 e. The van der Waals surface area contributed by atoms with Gasteiger partial charge in [0.15, 0.2) is 0 Å². The van der Waals surface area contributed by atoms with Gasteiger partial charge in [0.2, 0.25) is 0 Å². The highest BCUT2D eigenvalue weighted by molar-refractivity contribution is 5.43. The lowest BCUT2D eigenvalue weighted by molar-refractivity contribution is 0.407. The molecule has 1 aromatic rings. The van der Waals surface area contributed by atoms with E-state index in [4.69, 9.17) is 10.5 Å². The first-order chi connectivity index (χ1) is 9.08. The minimum Gasteiger partial charge on any atom is -0.496 e. The molecule has 0 radical (unpaired) electrons. The van der Waals surface area contributed by atoms with Crippen molar-refractivity contribution in [1.29, 1.82) is 0 Å². The molecular formula is C16H28N2O. The maximum atomic E-state index is 5.55. The standard InChI is InChI=1S/C16H28N2O/c1-12(5-7-17)11-18-8-6-15-14(3)9-13(2)10-16(15)19-4/h9-10,12,18H,5-8,11,17H2,1-4H3. The summed E-state index contributed by atoms with van der Waals surface area (Å²) in [4.78, 5) is 0. The Morgan fingerprint density at radius 1 is 1.32 bits per heavy atom. The molecule has 0 amide bonds. The number of benzene rings is 1. The summed E-state index contributed by atoms with van der Waals surface area (Å²) in [5, 5.41) is 3.50. The smallest absolute Gasteiger partial charge is 0.122 e. The summed E-state index contributed by atoms with van der Waals surface area (Å²) in [5.74, 6) is 1.65. The van der Waals surface area contributed by atoms with Crippen LogP contribution in [0.15, 0.2) is 12.1 Å². The Labute approximate surface area is 117 Å². The lowest BCUT2D eigenvalue weighted by Gasteiger charge is -2.15. The van der Waals surface area contributed by atoms with E-state index < -0.39 is 0 Å². The number of nitrogens with one attached hydrogen (secondary N) is 1. The van der Waals surface area contributed by atoms with Gasteiger partial charge in [-0.2, -0.15) is 0 Å². The summed E-state index contributed by atoms with van der Waals surface area (Å²) in [6, 6.07) is 4.33. The summed E-state index contributed by atoms with van der Waals surface area (Å²) in [6.07, 6.45) is 2.09. The molecule has 3 heteroatoms. The first-order valence-corrected chi connectivity index (χ1v) is 7.13. The Morgan fingerprint density at radius 2 is 2.05 bits per heavy atom. The predicted octanol–water partition coefficient (Wildman–Crippen LogP) is 2.43. The van der Waals surface area contributed by atoms with Crippen molar-refractivity contribution in [3.05, 3.63) is 28.8 Å². The number of ether oxygens (including phenoxy) is 1. The van der Waals surface area contributed by atoms with Crippen LogP contribution in [-0.4, -0.2) is 26.7 Å². The number of methoxy groups -OCH3 is 1. The number of rotatable bonds is 8. The molecule has 0 saturated carbocycles. The topological polar surface area (TPSA) is 47.3 Å². The molecule has 108 valence electrons. The minimum absolute atomic E-state index is 0.644. The molecule has 0 bridgehead atoms. The molecule has 19 heavy (non-hydrogen) atoms. The van der Waals surface area contributed by atoms with Crippen molar-refractivity contribution >= 4 is 0 Å². The van der Waals surface area contributed by atoms with Crippen molar-refractivity contribution in [1.82, 2.24) is 5.32 Å². The van der Waals surface area contributed by atoms with E-state index in [0.29, 0.717) is 5.92 Å². The number of nitrogens with two attached hydrogens (primary N) is 1. The van der Waals surface area contributed by atoms with Gasteiger partial charge in [0.05, 0.1) is 7.11 Å². The highest BCUT2D eigenvalue weighted by Gasteiger charge is 2.07. The fourth-order valence-electron chi connectivity index (χ4n) is 2.41. The number of aryl methyl sites for hydroxylation is 2. The zero-order valence-corrected chi connectivity index (χ0v) is 12.8. The maximum absolute atomic E-state index is 5.55. The van der Waals surface area contributed by atoms with Crippen molar-refractivity contribution in [3.8, 4) is 5.75 Å². The van der Waals surface area contributed by atoms with Gasteiger partial charge < -0.3 is 15.8 Å². The molecule has 1 rings (SSSR count). The normalized spacial score (nSPS) is 12.5. The SMILES string of the molecule is COc1cc(C)cc(C)c1CCNCC(C)CCN. The van der Waals surface area contributed by atoms with Crippen LogP contribution in [-0.2, 0) is 6.42 Å². The van der Waals surface area contributed by atoms with E-state index in [2.05, 4.69) is 38.2 Å². The first kappa shape index (κ1) is 16.0. The molecule has 0 saturated heterocycles. The lowest BCUT2D eigenvalue weighted by atomic mass is 10.0. The van der Waals surface area contributed by atoms with Crippen LogP contribution in [0.2, 0.25) is 0 Å². The van der Waals surface area contributed by atoms with Crippen molar-refractivity contribution in [2.75, 3.05) is 26.7 Å². The van der Waals surface area contributed by atoms with Gasteiger partial charge in [0, 0.05) is 0 Å². The Bertz CT molecular complexity index is 391. The van der Waals surface area contributed by atoms with Gasteiger partial charge in [0.25, 0.3) is 0 Å². The van der Waals surface area contributed by atoms with Gasteiger partial charge in [-0.1, -0.05) is 13.0 Å². The molecule has 0 aliphatic carbocycles. The summed E-state index contributed by atoms with van der Waals surface area (Å²) >= 11 is 0. The van der Waals surface area contributed by atoms with E-state index in [1.54, 1.807) is 7.11 Å². The second-order valence-electron chi connectivity index (χ2n) is 5.40. The van der Waals surface area contributed by atoms with Crippen LogP contribution in [0.4, 0.5) is 0 Å². The summed E-state index contributed by atoms with van der Waals surface area (Å²) in [6.45, 7) is 9.28. The molecule has 1 atom stereocenters. The molecule has 0 aliphatic heterocycles. The van der Waals surface area contributed by atoms with Gasteiger partial charge in [-0.15, -0.1) is 0 Å².